The van der Waals surface area contributed by atoms with E-state index in [0.29, 0.717) is 18.7 Å². The molecule has 28 heavy (non-hydrogen) atoms. The van der Waals surface area contributed by atoms with Gasteiger partial charge in [0.1, 0.15) is 0 Å². The predicted octanol–water partition coefficient (Wildman–Crippen LogP) is 3.82. The number of benzene rings is 2. The van der Waals surface area contributed by atoms with Crippen LogP contribution in [0.25, 0.3) is 0 Å². The van der Waals surface area contributed by atoms with Crippen LogP contribution in [0, 0.1) is 0 Å². The number of rotatable bonds is 5. The van der Waals surface area contributed by atoms with Gasteiger partial charge in [-0.3, -0.25) is 9.59 Å². The first-order valence-electron chi connectivity index (χ1n) is 9.93. The summed E-state index contributed by atoms with van der Waals surface area (Å²) in [6.07, 6.45) is 3.72. The highest BCUT2D eigenvalue weighted by molar-refractivity contribution is 6.05. The number of carbonyl (C=O) groups excluding carboxylic acids is 2. The van der Waals surface area contributed by atoms with Crippen molar-refractivity contribution in [3.05, 3.63) is 65.7 Å². The maximum atomic E-state index is 13.5. The van der Waals surface area contributed by atoms with E-state index in [4.69, 9.17) is 4.74 Å². The Morgan fingerprint density at radius 1 is 1.11 bits per heavy atom. The molecule has 5 nitrogen and oxygen atoms in total. The molecule has 2 amide bonds. The van der Waals surface area contributed by atoms with Crippen molar-refractivity contribution >= 4 is 17.5 Å². The van der Waals surface area contributed by atoms with Gasteiger partial charge in [0.05, 0.1) is 18.1 Å². The molecule has 2 aromatic carbocycles. The minimum absolute atomic E-state index is 0.0123. The predicted molar refractivity (Wildman–Crippen MR) is 108 cm³/mol. The number of hydrogen-bond acceptors (Lipinski definition) is 3. The number of para-hydroxylation sites is 1. The third-order valence-corrected chi connectivity index (χ3v) is 6.11. The van der Waals surface area contributed by atoms with Gasteiger partial charge in [-0.25, -0.2) is 0 Å². The first kappa shape index (κ1) is 18.7. The molecule has 0 radical (unpaired) electrons. The summed E-state index contributed by atoms with van der Waals surface area (Å²) in [5.41, 5.74) is 1.77. The summed E-state index contributed by atoms with van der Waals surface area (Å²) in [6, 6.07) is 17.1. The highest BCUT2D eigenvalue weighted by atomic mass is 16.5. The highest BCUT2D eigenvalue weighted by Gasteiger charge is 2.55. The normalized spacial score (nSPS) is 20.2. The second kappa shape index (κ2) is 7.76. The molecule has 1 N–H and O–H groups in total. The molecule has 2 aliphatic rings. The zero-order valence-corrected chi connectivity index (χ0v) is 16.2. The van der Waals surface area contributed by atoms with E-state index in [9.17, 15) is 9.59 Å². The number of ether oxygens (including phenoxy) is 1. The third-order valence-electron chi connectivity index (χ3n) is 6.11. The molecule has 0 saturated heterocycles. The topological polar surface area (TPSA) is 58.6 Å². The summed E-state index contributed by atoms with van der Waals surface area (Å²) in [5, 5.41) is 3.09. The van der Waals surface area contributed by atoms with Crippen molar-refractivity contribution in [1.82, 2.24) is 4.90 Å². The maximum absolute atomic E-state index is 13.5. The molecule has 0 bridgehead atoms. The average molecular weight is 378 g/mol. The quantitative estimate of drug-likeness (QED) is 0.860. The lowest BCUT2D eigenvalue weighted by Gasteiger charge is -2.50. The molecular weight excluding hydrogens is 352 g/mol. The second-order valence-electron chi connectivity index (χ2n) is 7.64. The number of methoxy groups -OCH3 is 1. The Hall–Kier alpha value is -2.66. The molecule has 1 fully saturated rings. The van der Waals surface area contributed by atoms with Crippen LogP contribution >= 0.6 is 0 Å². The van der Waals surface area contributed by atoms with E-state index >= 15 is 0 Å². The van der Waals surface area contributed by atoms with E-state index in [1.165, 1.54) is 0 Å². The lowest BCUT2D eigenvalue weighted by atomic mass is 9.71. The fraction of sp³-hybridized carbons (Fsp3) is 0.391. The number of amides is 2. The van der Waals surface area contributed by atoms with Gasteiger partial charge in [-0.05, 0) is 36.6 Å². The summed E-state index contributed by atoms with van der Waals surface area (Å²) >= 11 is 0. The van der Waals surface area contributed by atoms with Crippen molar-refractivity contribution in [3.63, 3.8) is 0 Å². The third kappa shape index (κ3) is 3.10. The maximum Gasteiger partial charge on any atom is 0.254 e. The standard InChI is InChI=1S/C23H26N2O3/c1-28-16-15-25-22(27)19-12-6-5-11-18(19)20(23(25)13-7-8-14-23)21(26)24-17-9-3-2-4-10-17/h2-6,9-12,20H,7-8,13-16H2,1H3,(H,24,26). The van der Waals surface area contributed by atoms with Gasteiger partial charge in [-0.2, -0.15) is 0 Å². The van der Waals surface area contributed by atoms with Gasteiger partial charge in [0.15, 0.2) is 0 Å². The molecule has 1 saturated carbocycles. The smallest absolute Gasteiger partial charge is 0.254 e. The SMILES string of the molecule is COCCN1C(=O)c2ccccc2C(C(=O)Nc2ccccc2)C12CCCC2. The van der Waals surface area contributed by atoms with E-state index in [2.05, 4.69) is 5.32 Å². The average Bonchev–Trinajstić information content (AvgIpc) is 3.18. The van der Waals surface area contributed by atoms with Crippen LogP contribution in [0.1, 0.15) is 47.5 Å². The van der Waals surface area contributed by atoms with E-state index in [0.717, 1.165) is 36.9 Å². The summed E-state index contributed by atoms with van der Waals surface area (Å²) in [4.78, 5) is 28.8. The Bertz CT molecular complexity index is 859. The lowest BCUT2D eigenvalue weighted by molar-refractivity contribution is -0.121. The molecule has 1 heterocycles. The highest BCUT2D eigenvalue weighted by Crippen LogP contribution is 2.50. The first-order chi connectivity index (χ1) is 13.7. The molecule has 2 aromatic rings. The molecule has 0 aromatic heterocycles. The first-order valence-corrected chi connectivity index (χ1v) is 9.93. The van der Waals surface area contributed by atoms with Crippen molar-refractivity contribution in [2.45, 2.75) is 37.1 Å². The Morgan fingerprint density at radius 2 is 1.79 bits per heavy atom. The molecule has 1 unspecified atom stereocenters. The van der Waals surface area contributed by atoms with Crippen LogP contribution in [-0.4, -0.2) is 42.5 Å². The van der Waals surface area contributed by atoms with Gasteiger partial charge in [0.2, 0.25) is 5.91 Å². The van der Waals surface area contributed by atoms with E-state index < -0.39 is 5.54 Å². The molecule has 4 rings (SSSR count). The van der Waals surface area contributed by atoms with Crippen molar-refractivity contribution < 1.29 is 14.3 Å². The molecule has 1 aliphatic heterocycles. The molecule has 5 heteroatoms. The number of hydrogen-bond donors (Lipinski definition) is 1. The van der Waals surface area contributed by atoms with Gasteiger partial charge in [0.25, 0.3) is 5.91 Å². The Kier molecular flexibility index (Phi) is 5.18. The molecular formula is C23H26N2O3. The number of anilines is 1. The van der Waals surface area contributed by atoms with Crippen LogP contribution in [0.2, 0.25) is 0 Å². The fourth-order valence-electron chi connectivity index (χ4n) is 4.91. The Labute approximate surface area is 165 Å². The summed E-state index contributed by atoms with van der Waals surface area (Å²) in [7, 11) is 1.64. The van der Waals surface area contributed by atoms with Gasteiger partial charge >= 0.3 is 0 Å². The number of carbonyl (C=O) groups is 2. The number of nitrogens with one attached hydrogen (secondary N) is 1. The number of fused-ring (bicyclic) bond motifs is 1. The molecule has 1 atom stereocenters. The van der Waals surface area contributed by atoms with Crippen LogP contribution in [0.3, 0.4) is 0 Å². The zero-order valence-electron chi connectivity index (χ0n) is 16.2. The zero-order chi connectivity index (χ0) is 19.6. The minimum Gasteiger partial charge on any atom is -0.383 e. The second-order valence-corrected chi connectivity index (χ2v) is 7.64. The van der Waals surface area contributed by atoms with Crippen LogP contribution in [0.5, 0.6) is 0 Å². The molecule has 1 spiro atoms. The summed E-state index contributed by atoms with van der Waals surface area (Å²) in [5.74, 6) is -0.422. The van der Waals surface area contributed by atoms with Crippen LogP contribution in [0.4, 0.5) is 5.69 Å². The van der Waals surface area contributed by atoms with Crippen molar-refractivity contribution in [1.29, 1.82) is 0 Å². The molecule has 146 valence electrons. The minimum atomic E-state index is -0.483. The monoisotopic (exact) mass is 378 g/mol. The van der Waals surface area contributed by atoms with Gasteiger partial charge in [-0.1, -0.05) is 49.2 Å². The van der Waals surface area contributed by atoms with Crippen LogP contribution in [-0.2, 0) is 9.53 Å². The van der Waals surface area contributed by atoms with Crippen molar-refractivity contribution in [2.24, 2.45) is 0 Å². The van der Waals surface area contributed by atoms with Gasteiger partial charge in [-0.15, -0.1) is 0 Å². The van der Waals surface area contributed by atoms with Gasteiger partial charge < -0.3 is 15.0 Å². The lowest BCUT2D eigenvalue weighted by Crippen LogP contribution is -2.60. The van der Waals surface area contributed by atoms with E-state index in [1.807, 2.05) is 59.5 Å². The number of nitrogens with zero attached hydrogens (tertiary/aromatic N) is 1. The van der Waals surface area contributed by atoms with Crippen molar-refractivity contribution in [2.75, 3.05) is 25.6 Å². The van der Waals surface area contributed by atoms with Crippen molar-refractivity contribution in [3.8, 4) is 0 Å². The van der Waals surface area contributed by atoms with E-state index in [1.54, 1.807) is 7.11 Å². The van der Waals surface area contributed by atoms with E-state index in [-0.39, 0.29) is 17.7 Å². The largest absolute Gasteiger partial charge is 0.383 e. The summed E-state index contributed by atoms with van der Waals surface area (Å²) in [6.45, 7) is 0.960. The fourth-order valence-corrected chi connectivity index (χ4v) is 4.91. The van der Waals surface area contributed by atoms with Gasteiger partial charge in [0, 0.05) is 24.9 Å². The summed E-state index contributed by atoms with van der Waals surface area (Å²) < 4.78 is 5.28. The van der Waals surface area contributed by atoms with Crippen LogP contribution in [0.15, 0.2) is 54.6 Å². The molecule has 1 aliphatic carbocycles. The Balaban J connectivity index is 1.79. The van der Waals surface area contributed by atoms with Crippen LogP contribution < -0.4 is 5.32 Å². The Morgan fingerprint density at radius 3 is 2.50 bits per heavy atom.